The Balaban J connectivity index is 2.12. The van der Waals surface area contributed by atoms with Gasteiger partial charge in [-0.3, -0.25) is 19.8 Å². The Morgan fingerprint density at radius 1 is 1.00 bits per heavy atom. The molecule has 2 heterocycles. The molecule has 1 aromatic rings. The van der Waals surface area contributed by atoms with E-state index >= 15 is 0 Å². The highest BCUT2D eigenvalue weighted by atomic mass is 32.2. The topological polar surface area (TPSA) is 40.0 Å². The Morgan fingerprint density at radius 2 is 1.81 bits per heavy atom. The smallest absolute Gasteiger partial charge is 0.265 e. The van der Waals surface area contributed by atoms with Gasteiger partial charge in [0.2, 0.25) is 11.5 Å². The van der Waals surface area contributed by atoms with Crippen molar-refractivity contribution in [1.29, 1.82) is 0 Å². The molecule has 8 heteroatoms. The minimum atomic E-state index is -0.795. The number of halogens is 3. The number of dihydropyridines is 1. The first kappa shape index (κ1) is 14.1. The number of thioether (sulfide) groups is 1. The molecule has 0 N–H and O–H groups in total. The Morgan fingerprint density at radius 3 is 2.52 bits per heavy atom. The van der Waals surface area contributed by atoms with E-state index in [1.807, 2.05) is 0 Å². The summed E-state index contributed by atoms with van der Waals surface area (Å²) in [6.45, 7) is 0.563. The summed E-state index contributed by atoms with van der Waals surface area (Å²) in [7, 11) is 0. The Labute approximate surface area is 122 Å². The number of hydrogen-bond acceptors (Lipinski definition) is 5. The lowest BCUT2D eigenvalue weighted by Crippen LogP contribution is -2.11. The molecule has 1 aromatic carbocycles. The molecule has 0 bridgehead atoms. The van der Waals surface area contributed by atoms with Crippen molar-refractivity contribution in [3.05, 3.63) is 28.2 Å². The van der Waals surface area contributed by atoms with Gasteiger partial charge in [0.1, 0.15) is 0 Å². The molecule has 112 valence electrons. The molecule has 0 amide bonds. The van der Waals surface area contributed by atoms with Crippen LogP contribution in [0.2, 0.25) is 0 Å². The number of allylic oxidation sites excluding steroid dienone is 1. The van der Waals surface area contributed by atoms with Gasteiger partial charge < -0.3 is 0 Å². The average molecular weight is 317 g/mol. The highest BCUT2D eigenvalue weighted by molar-refractivity contribution is 8.04. The van der Waals surface area contributed by atoms with Crippen LogP contribution in [0.25, 0.3) is 0 Å². The monoisotopic (exact) mass is 317 g/mol. The van der Waals surface area contributed by atoms with Gasteiger partial charge in [-0.2, -0.15) is 0 Å². The van der Waals surface area contributed by atoms with Crippen molar-refractivity contribution in [2.45, 2.75) is 12.8 Å². The van der Waals surface area contributed by atoms with E-state index in [0.717, 1.165) is 29.6 Å². The Bertz CT molecular complexity index is 633. The Kier molecular flexibility index (Phi) is 3.96. The van der Waals surface area contributed by atoms with Crippen LogP contribution >= 0.6 is 11.8 Å². The summed E-state index contributed by atoms with van der Waals surface area (Å²) in [6, 6.07) is 2.49. The minimum absolute atomic E-state index is 0.201. The molecular formula is C13H10F3NO3S. The molecule has 0 aliphatic carbocycles. The molecule has 2 aliphatic heterocycles. The molecule has 0 radical (unpaired) electrons. The molecule has 0 aromatic heterocycles. The van der Waals surface area contributed by atoms with Gasteiger partial charge in [-0.05, 0) is 25.0 Å². The van der Waals surface area contributed by atoms with Gasteiger partial charge in [0.05, 0.1) is 11.3 Å². The lowest BCUT2D eigenvalue weighted by atomic mass is 9.99. The van der Waals surface area contributed by atoms with E-state index < -0.39 is 17.2 Å². The summed E-state index contributed by atoms with van der Waals surface area (Å²) >= 11 is 1.60. The van der Waals surface area contributed by atoms with E-state index in [9.17, 15) is 13.6 Å². The van der Waals surface area contributed by atoms with Crippen LogP contribution in [0.15, 0.2) is 27.6 Å². The van der Waals surface area contributed by atoms with Crippen molar-refractivity contribution >= 4 is 17.5 Å². The SMILES string of the molecule is FOc1ccc(C2=NCCC3=C2SCC3)c(OF)c1OF. The molecule has 4 nitrogen and oxygen atoms in total. The second-order valence-corrected chi connectivity index (χ2v) is 5.62. The van der Waals surface area contributed by atoms with Gasteiger partial charge in [0.25, 0.3) is 5.75 Å². The molecule has 0 saturated carbocycles. The van der Waals surface area contributed by atoms with Crippen molar-refractivity contribution in [2.75, 3.05) is 12.3 Å². The van der Waals surface area contributed by atoms with E-state index in [0.29, 0.717) is 12.3 Å². The fourth-order valence-corrected chi connectivity index (χ4v) is 3.76. The third-order valence-corrected chi connectivity index (χ3v) is 4.62. The largest absolute Gasteiger partial charge is 0.290 e. The molecule has 21 heavy (non-hydrogen) atoms. The number of aliphatic imine (C=N–C) groups is 1. The lowest BCUT2D eigenvalue weighted by Gasteiger charge is -2.17. The van der Waals surface area contributed by atoms with Crippen LogP contribution in [-0.2, 0) is 0 Å². The van der Waals surface area contributed by atoms with Gasteiger partial charge in [0.15, 0.2) is 0 Å². The summed E-state index contributed by atoms with van der Waals surface area (Å²) in [6.07, 6.45) is 1.80. The molecule has 0 saturated heterocycles. The minimum Gasteiger partial charge on any atom is -0.290 e. The molecule has 3 rings (SSSR count). The molecule has 0 spiro atoms. The molecular weight excluding hydrogens is 307 g/mol. The number of hydrogen-bond donors (Lipinski definition) is 0. The Hall–Kier alpha value is -1.83. The quantitative estimate of drug-likeness (QED) is 0.839. The first-order valence-electron chi connectivity index (χ1n) is 6.23. The second-order valence-electron chi connectivity index (χ2n) is 4.51. The highest BCUT2D eigenvalue weighted by Gasteiger charge is 2.29. The second kappa shape index (κ2) is 5.88. The van der Waals surface area contributed by atoms with E-state index in [4.69, 9.17) is 0 Å². The van der Waals surface area contributed by atoms with Crippen molar-refractivity contribution in [3.8, 4) is 17.2 Å². The van der Waals surface area contributed by atoms with Gasteiger partial charge in [-0.15, -0.1) is 11.8 Å². The molecule has 2 aliphatic rings. The normalized spacial score (nSPS) is 17.4. The van der Waals surface area contributed by atoms with Crippen LogP contribution in [-0.4, -0.2) is 18.0 Å². The van der Waals surface area contributed by atoms with E-state index in [1.54, 1.807) is 11.8 Å². The number of benzene rings is 1. The fourth-order valence-electron chi connectivity index (χ4n) is 2.49. The van der Waals surface area contributed by atoms with E-state index in [-0.39, 0.29) is 5.56 Å². The van der Waals surface area contributed by atoms with Crippen LogP contribution in [0.4, 0.5) is 13.6 Å². The lowest BCUT2D eigenvalue weighted by molar-refractivity contribution is -0.0557. The fraction of sp³-hybridized carbons (Fsp3) is 0.308. The first-order chi connectivity index (χ1) is 10.3. The summed E-state index contributed by atoms with van der Waals surface area (Å²) in [5.41, 5.74) is 1.95. The molecule has 0 unspecified atom stereocenters. The summed E-state index contributed by atoms with van der Waals surface area (Å²) in [5, 5.41) is 0. The predicted octanol–water partition coefficient (Wildman–Crippen LogP) is 4.06. The zero-order chi connectivity index (χ0) is 14.8. The van der Waals surface area contributed by atoms with Crippen LogP contribution in [0, 0.1) is 0 Å². The summed E-state index contributed by atoms with van der Waals surface area (Å²) in [5.74, 6) is -1.07. The van der Waals surface area contributed by atoms with Crippen LogP contribution in [0.5, 0.6) is 17.2 Å². The zero-order valence-electron chi connectivity index (χ0n) is 10.7. The van der Waals surface area contributed by atoms with Gasteiger partial charge in [-0.1, -0.05) is 5.57 Å². The summed E-state index contributed by atoms with van der Waals surface area (Å²) < 4.78 is 37.7. The standard InChI is InChI=1S/C13H10F3NO3S/c14-18-9-2-1-8(11(19-15)12(9)20-16)10-13-7(3-5-17-10)4-6-21-13/h1-2H,3-6H2. The van der Waals surface area contributed by atoms with Crippen molar-refractivity contribution in [3.63, 3.8) is 0 Å². The van der Waals surface area contributed by atoms with Gasteiger partial charge in [0, 0.05) is 30.8 Å². The van der Waals surface area contributed by atoms with Gasteiger partial charge in [-0.25, -0.2) is 0 Å². The average Bonchev–Trinajstić information content (AvgIpc) is 3.01. The first-order valence-corrected chi connectivity index (χ1v) is 7.21. The summed E-state index contributed by atoms with van der Waals surface area (Å²) in [4.78, 5) is 15.9. The third kappa shape index (κ3) is 2.33. The van der Waals surface area contributed by atoms with E-state index in [1.165, 1.54) is 11.6 Å². The van der Waals surface area contributed by atoms with Crippen LogP contribution in [0.1, 0.15) is 18.4 Å². The van der Waals surface area contributed by atoms with Crippen molar-refractivity contribution in [1.82, 2.24) is 0 Å². The van der Waals surface area contributed by atoms with Crippen LogP contribution in [0.3, 0.4) is 0 Å². The van der Waals surface area contributed by atoms with Crippen molar-refractivity contribution < 1.29 is 28.4 Å². The zero-order valence-corrected chi connectivity index (χ0v) is 11.5. The maximum absolute atomic E-state index is 12.8. The van der Waals surface area contributed by atoms with Crippen molar-refractivity contribution in [2.24, 2.45) is 4.99 Å². The molecule has 0 fully saturated rings. The highest BCUT2D eigenvalue weighted by Crippen LogP contribution is 2.45. The molecule has 0 atom stereocenters. The van der Waals surface area contributed by atoms with E-state index in [2.05, 4.69) is 19.8 Å². The third-order valence-electron chi connectivity index (χ3n) is 3.44. The number of rotatable bonds is 4. The maximum Gasteiger partial charge on any atom is 0.265 e. The maximum atomic E-state index is 12.8. The van der Waals surface area contributed by atoms with Crippen LogP contribution < -0.4 is 14.8 Å². The van der Waals surface area contributed by atoms with Gasteiger partial charge >= 0.3 is 0 Å². The predicted molar refractivity (Wildman–Crippen MR) is 71.8 cm³/mol. The number of nitrogens with zero attached hydrogens (tertiary/aromatic N) is 1.